The standard InChI is InChI=1S/C44H55N7O9/c1-44(2,3)60-43(59)51-35(25-30-27-47-32-19-11-10-18-31(30)32)41(57)48-33(20-12-13-23-46-37(52)22-21-28-14-6-4-7-15-28)40(56)50-36(26-38(53)54)42(58)49-34(39(45)55)24-29-16-8-5-9-17-29/h4-11,14-19,27,33-36,47H,12-13,20-26H2,1-3H3,(H2,45,55)(H,46,52)(H,48,57)(H,49,58)(H,50,56)(H,51,59)(H,53,54)/t33-,34-,35-,36-/m0/s1. The molecule has 1 aromatic heterocycles. The summed E-state index contributed by atoms with van der Waals surface area (Å²) in [6, 6.07) is 20.2. The van der Waals surface area contributed by atoms with Gasteiger partial charge in [0.1, 0.15) is 29.8 Å². The van der Waals surface area contributed by atoms with E-state index in [-0.39, 0.29) is 38.1 Å². The van der Waals surface area contributed by atoms with Crippen LogP contribution >= 0.6 is 0 Å². The van der Waals surface area contributed by atoms with Crippen LogP contribution in [0.3, 0.4) is 0 Å². The smallest absolute Gasteiger partial charge is 0.408 e. The van der Waals surface area contributed by atoms with Crippen LogP contribution in [0, 0.1) is 0 Å². The number of aryl methyl sites for hydroxylation is 1. The summed E-state index contributed by atoms with van der Waals surface area (Å²) in [6.45, 7) is 5.29. The number of amides is 6. The van der Waals surface area contributed by atoms with Crippen molar-refractivity contribution in [3.63, 3.8) is 0 Å². The Balaban J connectivity index is 1.52. The number of fused-ring (bicyclic) bond motifs is 1. The first-order valence-corrected chi connectivity index (χ1v) is 19.9. The third-order valence-corrected chi connectivity index (χ3v) is 9.42. The van der Waals surface area contributed by atoms with Gasteiger partial charge in [0.2, 0.25) is 29.5 Å². The number of primary amides is 1. The zero-order valence-corrected chi connectivity index (χ0v) is 34.1. The van der Waals surface area contributed by atoms with Crippen molar-refractivity contribution in [1.82, 2.24) is 31.6 Å². The fraction of sp³-hybridized carbons (Fsp3) is 0.386. The van der Waals surface area contributed by atoms with Gasteiger partial charge in [0.25, 0.3) is 0 Å². The average molecular weight is 826 g/mol. The van der Waals surface area contributed by atoms with Crippen LogP contribution in [-0.4, -0.2) is 88.0 Å². The Morgan fingerprint density at radius 3 is 1.93 bits per heavy atom. The van der Waals surface area contributed by atoms with E-state index in [0.29, 0.717) is 30.4 Å². The summed E-state index contributed by atoms with van der Waals surface area (Å²) >= 11 is 0. The predicted octanol–water partition coefficient (Wildman–Crippen LogP) is 3.18. The van der Waals surface area contributed by atoms with Gasteiger partial charge in [-0.05, 0) is 69.2 Å². The highest BCUT2D eigenvalue weighted by Crippen LogP contribution is 2.20. The number of alkyl carbamates (subject to hydrolysis) is 1. The molecular formula is C44H55N7O9. The summed E-state index contributed by atoms with van der Waals surface area (Å²) in [7, 11) is 0. The Morgan fingerprint density at radius 2 is 1.28 bits per heavy atom. The zero-order valence-electron chi connectivity index (χ0n) is 34.1. The molecule has 4 atom stereocenters. The Morgan fingerprint density at radius 1 is 0.700 bits per heavy atom. The molecule has 0 unspecified atom stereocenters. The van der Waals surface area contributed by atoms with Gasteiger partial charge in [0.15, 0.2) is 0 Å². The molecule has 0 aliphatic heterocycles. The maximum atomic E-state index is 14.1. The molecule has 0 aliphatic rings. The highest BCUT2D eigenvalue weighted by atomic mass is 16.6. The van der Waals surface area contributed by atoms with E-state index in [0.717, 1.165) is 16.5 Å². The molecule has 4 rings (SSSR count). The minimum atomic E-state index is -1.67. The fourth-order valence-electron chi connectivity index (χ4n) is 6.41. The number of H-pyrrole nitrogens is 1. The molecule has 4 aromatic rings. The normalized spacial score (nSPS) is 13.2. The Kier molecular flexibility index (Phi) is 17.2. The molecule has 60 heavy (non-hydrogen) atoms. The second-order valence-corrected chi connectivity index (χ2v) is 15.5. The number of ether oxygens (including phenoxy) is 1. The number of nitrogens with one attached hydrogen (secondary N) is 6. The quantitative estimate of drug-likeness (QED) is 0.0542. The summed E-state index contributed by atoms with van der Waals surface area (Å²) < 4.78 is 5.45. The van der Waals surface area contributed by atoms with Crippen LogP contribution in [0.5, 0.6) is 0 Å². The number of carboxylic acid groups (broad SMARTS) is 1. The molecule has 16 heteroatoms. The van der Waals surface area contributed by atoms with Crippen LogP contribution in [0.4, 0.5) is 4.79 Å². The first-order chi connectivity index (χ1) is 28.6. The third kappa shape index (κ3) is 15.6. The lowest BCUT2D eigenvalue weighted by Crippen LogP contribution is -2.59. The van der Waals surface area contributed by atoms with Crippen molar-refractivity contribution in [2.75, 3.05) is 6.54 Å². The summed E-state index contributed by atoms with van der Waals surface area (Å²) in [5, 5.41) is 23.6. The molecular weight excluding hydrogens is 771 g/mol. The lowest BCUT2D eigenvalue weighted by molar-refractivity contribution is -0.141. The van der Waals surface area contributed by atoms with Gasteiger partial charge in [-0.25, -0.2) is 4.79 Å². The van der Waals surface area contributed by atoms with Crippen LogP contribution < -0.4 is 32.3 Å². The number of aromatic nitrogens is 1. The number of unbranched alkanes of at least 4 members (excludes halogenated alkanes) is 1. The van der Waals surface area contributed by atoms with E-state index in [9.17, 15) is 38.7 Å². The first-order valence-electron chi connectivity index (χ1n) is 19.9. The van der Waals surface area contributed by atoms with Crippen LogP contribution in [0.2, 0.25) is 0 Å². The maximum absolute atomic E-state index is 14.1. The van der Waals surface area contributed by atoms with E-state index in [2.05, 4.69) is 31.6 Å². The van der Waals surface area contributed by atoms with Gasteiger partial charge in [0, 0.05) is 42.9 Å². The summed E-state index contributed by atoms with van der Waals surface area (Å²) in [6.07, 6.45) is 1.56. The number of aliphatic carboxylic acids is 1. The van der Waals surface area contributed by atoms with E-state index in [1.54, 1.807) is 57.3 Å². The minimum Gasteiger partial charge on any atom is -0.481 e. The monoisotopic (exact) mass is 825 g/mol. The molecule has 0 aliphatic carbocycles. The number of hydrogen-bond donors (Lipinski definition) is 8. The van der Waals surface area contributed by atoms with Gasteiger partial charge in [-0.15, -0.1) is 0 Å². The number of rotatable bonds is 22. The van der Waals surface area contributed by atoms with Gasteiger partial charge in [-0.2, -0.15) is 0 Å². The molecule has 3 aromatic carbocycles. The van der Waals surface area contributed by atoms with Gasteiger partial charge < -0.3 is 47.1 Å². The van der Waals surface area contributed by atoms with E-state index in [1.165, 1.54) is 0 Å². The SMILES string of the molecule is CC(C)(C)OC(=O)N[C@@H](Cc1c[nH]c2ccccc12)C(=O)N[C@@H](CCCCNC(=O)CCc1ccccc1)C(=O)N[C@@H](CC(=O)O)C(=O)N[C@@H](Cc1ccccc1)C(N)=O. The average Bonchev–Trinajstić information content (AvgIpc) is 3.61. The highest BCUT2D eigenvalue weighted by Gasteiger charge is 2.33. The molecule has 0 saturated carbocycles. The molecule has 16 nitrogen and oxygen atoms in total. The molecule has 1 heterocycles. The number of hydrogen-bond acceptors (Lipinski definition) is 8. The minimum absolute atomic E-state index is 0.00158. The topological polar surface area (TPSA) is 251 Å². The van der Waals surface area contributed by atoms with Crippen molar-refractivity contribution in [2.24, 2.45) is 5.73 Å². The number of nitrogens with two attached hydrogens (primary N) is 1. The van der Waals surface area contributed by atoms with Gasteiger partial charge in [-0.1, -0.05) is 78.9 Å². The first kappa shape index (κ1) is 46.0. The Hall–Kier alpha value is -6.71. The maximum Gasteiger partial charge on any atom is 0.408 e. The molecule has 320 valence electrons. The molecule has 0 spiro atoms. The van der Waals surface area contributed by atoms with Crippen LogP contribution in [-0.2, 0) is 52.8 Å². The van der Waals surface area contributed by atoms with E-state index >= 15 is 0 Å². The molecule has 0 radical (unpaired) electrons. The molecule has 6 amide bonds. The van der Waals surface area contributed by atoms with Crippen molar-refractivity contribution in [1.29, 1.82) is 0 Å². The zero-order chi connectivity index (χ0) is 43.7. The van der Waals surface area contributed by atoms with Crippen molar-refractivity contribution >= 4 is 52.5 Å². The van der Waals surface area contributed by atoms with Gasteiger partial charge in [-0.3, -0.25) is 28.8 Å². The summed E-state index contributed by atoms with van der Waals surface area (Å²) in [5.74, 6) is -5.06. The Labute approximate surface area is 348 Å². The number of carboxylic acids is 1. The molecule has 9 N–H and O–H groups in total. The molecule has 0 bridgehead atoms. The van der Waals surface area contributed by atoms with Crippen molar-refractivity contribution < 1.29 is 43.4 Å². The van der Waals surface area contributed by atoms with Crippen molar-refractivity contribution in [3.8, 4) is 0 Å². The summed E-state index contributed by atoms with van der Waals surface area (Å²) in [5.41, 5.74) is 7.90. The number of aromatic amines is 1. The number of para-hydroxylation sites is 1. The van der Waals surface area contributed by atoms with Crippen molar-refractivity contribution in [2.45, 2.75) is 102 Å². The number of carbonyl (C=O) groups excluding carboxylic acids is 6. The van der Waals surface area contributed by atoms with E-state index < -0.39 is 71.9 Å². The number of carbonyl (C=O) groups is 7. The Bertz CT molecular complexity index is 2080. The van der Waals surface area contributed by atoms with Gasteiger partial charge >= 0.3 is 12.1 Å². The lowest BCUT2D eigenvalue weighted by atomic mass is 10.0. The second-order valence-electron chi connectivity index (χ2n) is 15.5. The largest absolute Gasteiger partial charge is 0.481 e. The lowest BCUT2D eigenvalue weighted by Gasteiger charge is -2.27. The van der Waals surface area contributed by atoms with Crippen LogP contribution in [0.1, 0.15) is 69.6 Å². The molecule has 0 saturated heterocycles. The molecule has 0 fully saturated rings. The number of benzene rings is 3. The van der Waals surface area contributed by atoms with E-state index in [4.69, 9.17) is 10.5 Å². The summed E-state index contributed by atoms with van der Waals surface area (Å²) in [4.78, 5) is 94.6. The van der Waals surface area contributed by atoms with E-state index in [1.807, 2.05) is 54.6 Å². The van der Waals surface area contributed by atoms with Gasteiger partial charge in [0.05, 0.1) is 6.42 Å². The third-order valence-electron chi connectivity index (χ3n) is 9.42. The van der Waals surface area contributed by atoms with Crippen LogP contribution in [0.15, 0.2) is 91.1 Å². The van der Waals surface area contributed by atoms with Crippen molar-refractivity contribution in [3.05, 3.63) is 108 Å². The second kappa shape index (κ2) is 22.4. The van der Waals surface area contributed by atoms with Crippen LogP contribution in [0.25, 0.3) is 10.9 Å². The highest BCUT2D eigenvalue weighted by molar-refractivity contribution is 5.97. The fourth-order valence-corrected chi connectivity index (χ4v) is 6.41. The predicted molar refractivity (Wildman–Crippen MR) is 224 cm³/mol.